The number of nitrogens with one attached hydrogen (secondary N) is 1. The number of nitro benzene ring substituents is 1. The van der Waals surface area contributed by atoms with Gasteiger partial charge in [0.05, 0.1) is 26.7 Å². The van der Waals surface area contributed by atoms with Crippen LogP contribution in [0.2, 0.25) is 5.02 Å². The van der Waals surface area contributed by atoms with Gasteiger partial charge in [0.15, 0.2) is 5.78 Å². The van der Waals surface area contributed by atoms with Gasteiger partial charge >= 0.3 is 0 Å². The van der Waals surface area contributed by atoms with Crippen molar-refractivity contribution >= 4 is 44.8 Å². The molecule has 110 valence electrons. The molecule has 9 heteroatoms. The molecule has 0 aliphatic rings. The summed E-state index contributed by atoms with van der Waals surface area (Å²) in [6.07, 6.45) is 1.27. The zero-order valence-electron chi connectivity index (χ0n) is 10.9. The lowest BCUT2D eigenvalue weighted by atomic mass is 10.1. The number of aromatic nitrogens is 1. The summed E-state index contributed by atoms with van der Waals surface area (Å²) in [5.74, 6) is -0.578. The van der Waals surface area contributed by atoms with Gasteiger partial charge in [-0.1, -0.05) is 11.6 Å². The number of carbonyl (C=O) groups excluding carboxylic acids is 1. The second-order valence-electron chi connectivity index (χ2n) is 4.27. The van der Waals surface area contributed by atoms with Gasteiger partial charge in [0.25, 0.3) is 5.69 Å². The van der Waals surface area contributed by atoms with Crippen molar-refractivity contribution in [1.82, 2.24) is 4.98 Å². The van der Waals surface area contributed by atoms with Gasteiger partial charge in [-0.3, -0.25) is 23.9 Å². The number of pyridine rings is 1. The Balaban J connectivity index is 3.10. The molecule has 0 radical (unpaired) electrons. The third kappa shape index (κ3) is 2.59. The molecule has 1 aromatic heterocycles. The fourth-order valence-electron chi connectivity index (χ4n) is 2.00. The summed E-state index contributed by atoms with van der Waals surface area (Å²) in [5, 5.41) is 10.8. The van der Waals surface area contributed by atoms with Gasteiger partial charge < -0.3 is 4.98 Å². The fraction of sp³-hybridized carbons (Fsp3) is 0.167. The second kappa shape index (κ2) is 5.38. The summed E-state index contributed by atoms with van der Waals surface area (Å²) < 4.78 is 11.7. The molecule has 1 aromatic carbocycles. The van der Waals surface area contributed by atoms with Crippen LogP contribution < -0.4 is 5.43 Å². The first-order valence-corrected chi connectivity index (χ1v) is 7.56. The third-order valence-corrected chi connectivity index (χ3v) is 3.96. The van der Waals surface area contributed by atoms with Crippen LogP contribution in [0.5, 0.6) is 0 Å². The number of ketones is 1. The van der Waals surface area contributed by atoms with Crippen LogP contribution in [-0.2, 0) is 10.8 Å². The number of benzene rings is 1. The number of fused-ring (bicyclic) bond motifs is 1. The summed E-state index contributed by atoms with van der Waals surface area (Å²) in [7, 11) is -1.69. The number of nitro groups is 1. The van der Waals surface area contributed by atoms with Crippen molar-refractivity contribution in [2.75, 3.05) is 6.26 Å². The summed E-state index contributed by atoms with van der Waals surface area (Å²) >= 11 is 5.77. The standard InChI is InChI=1S/C12H9ClN2O5S/c1-5(16)9-11(17)7-3-6(13)4-8(15(18)19)10(7)14-12(9)21(2)20/h3-4H,1-2H3,(H,14,17). The maximum atomic E-state index is 12.4. The normalized spacial score (nSPS) is 12.3. The van der Waals surface area contributed by atoms with Crippen LogP contribution in [-0.4, -0.2) is 26.2 Å². The molecule has 0 fully saturated rings. The first-order valence-electron chi connectivity index (χ1n) is 5.62. The molecule has 0 aliphatic carbocycles. The topological polar surface area (TPSA) is 110 Å². The Morgan fingerprint density at radius 3 is 2.52 bits per heavy atom. The van der Waals surface area contributed by atoms with E-state index in [0.29, 0.717) is 0 Å². The smallest absolute Gasteiger partial charge is 0.294 e. The lowest BCUT2D eigenvalue weighted by Gasteiger charge is -2.07. The van der Waals surface area contributed by atoms with Crippen LogP contribution in [0, 0.1) is 10.1 Å². The molecule has 0 amide bonds. The van der Waals surface area contributed by atoms with Crippen molar-refractivity contribution in [2.24, 2.45) is 0 Å². The zero-order chi connectivity index (χ0) is 15.9. The van der Waals surface area contributed by atoms with Gasteiger partial charge in [-0.25, -0.2) is 0 Å². The van der Waals surface area contributed by atoms with Crippen molar-refractivity contribution in [3.8, 4) is 0 Å². The summed E-state index contributed by atoms with van der Waals surface area (Å²) in [6.45, 7) is 1.16. The van der Waals surface area contributed by atoms with Gasteiger partial charge in [0.1, 0.15) is 10.5 Å². The largest absolute Gasteiger partial charge is 0.341 e. The molecule has 0 saturated heterocycles. The Kier molecular flexibility index (Phi) is 3.93. The number of rotatable bonds is 3. The predicted octanol–water partition coefficient (Wildman–Crippen LogP) is 2.03. The third-order valence-electron chi connectivity index (χ3n) is 2.86. The maximum absolute atomic E-state index is 12.4. The first kappa shape index (κ1) is 15.3. The highest BCUT2D eigenvalue weighted by Crippen LogP contribution is 2.28. The predicted molar refractivity (Wildman–Crippen MR) is 78.6 cm³/mol. The van der Waals surface area contributed by atoms with Gasteiger partial charge in [-0.2, -0.15) is 0 Å². The van der Waals surface area contributed by atoms with E-state index < -0.39 is 32.6 Å². The van der Waals surface area contributed by atoms with E-state index in [1.807, 2.05) is 0 Å². The number of non-ortho nitro benzene ring substituents is 1. The molecule has 1 atom stereocenters. The van der Waals surface area contributed by atoms with Crippen molar-refractivity contribution in [3.05, 3.63) is 43.1 Å². The number of aromatic amines is 1. The minimum Gasteiger partial charge on any atom is -0.341 e. The van der Waals surface area contributed by atoms with Crippen molar-refractivity contribution in [3.63, 3.8) is 0 Å². The first-order chi connectivity index (χ1) is 9.73. The minimum absolute atomic E-state index is 0.000395. The Bertz CT molecular complexity index is 874. The molecule has 0 aliphatic heterocycles. The van der Waals surface area contributed by atoms with E-state index in [-0.39, 0.29) is 26.5 Å². The number of hydrogen-bond donors (Lipinski definition) is 1. The fourth-order valence-corrected chi connectivity index (χ4v) is 2.98. The highest BCUT2D eigenvalue weighted by atomic mass is 35.5. The molecule has 2 aromatic rings. The highest BCUT2D eigenvalue weighted by Gasteiger charge is 2.23. The van der Waals surface area contributed by atoms with Crippen molar-refractivity contribution in [1.29, 1.82) is 0 Å². The Hall–Kier alpha value is -2.06. The molecule has 7 nitrogen and oxygen atoms in total. The van der Waals surface area contributed by atoms with Crippen molar-refractivity contribution in [2.45, 2.75) is 11.9 Å². The van der Waals surface area contributed by atoms with E-state index in [1.54, 1.807) is 0 Å². The monoisotopic (exact) mass is 328 g/mol. The molecule has 1 unspecified atom stereocenters. The van der Waals surface area contributed by atoms with E-state index in [1.165, 1.54) is 12.3 Å². The molecular formula is C12H9ClN2O5S. The zero-order valence-corrected chi connectivity index (χ0v) is 12.5. The molecule has 1 heterocycles. The maximum Gasteiger partial charge on any atom is 0.294 e. The Morgan fingerprint density at radius 2 is 2.05 bits per heavy atom. The SMILES string of the molecule is CC(=O)c1c(S(C)=O)[nH]c2c([N+](=O)[O-])cc(Cl)cc2c1=O. The van der Waals surface area contributed by atoms with E-state index >= 15 is 0 Å². The van der Waals surface area contributed by atoms with E-state index in [4.69, 9.17) is 11.6 Å². The Labute approximate surface area is 125 Å². The van der Waals surface area contributed by atoms with Crippen molar-refractivity contribution < 1.29 is 13.9 Å². The van der Waals surface area contributed by atoms with Crippen LogP contribution in [0.3, 0.4) is 0 Å². The number of hydrogen-bond acceptors (Lipinski definition) is 5. The molecule has 21 heavy (non-hydrogen) atoms. The minimum atomic E-state index is -1.69. The number of carbonyl (C=O) groups is 1. The van der Waals surface area contributed by atoms with Gasteiger partial charge in [0, 0.05) is 17.3 Å². The average molecular weight is 329 g/mol. The van der Waals surface area contributed by atoms with Crippen LogP contribution in [0.4, 0.5) is 5.69 Å². The highest BCUT2D eigenvalue weighted by molar-refractivity contribution is 7.84. The van der Waals surface area contributed by atoms with Gasteiger partial charge in [-0.15, -0.1) is 0 Å². The van der Waals surface area contributed by atoms with E-state index in [2.05, 4.69) is 4.98 Å². The second-order valence-corrected chi connectivity index (χ2v) is 6.03. The number of H-pyrrole nitrogens is 1. The molecule has 0 bridgehead atoms. The molecular weight excluding hydrogens is 320 g/mol. The molecule has 0 saturated carbocycles. The molecule has 0 spiro atoms. The summed E-state index contributed by atoms with van der Waals surface area (Å²) in [6, 6.07) is 2.31. The molecule has 1 N–H and O–H groups in total. The van der Waals surface area contributed by atoms with E-state index in [0.717, 1.165) is 13.0 Å². The number of nitrogens with zero attached hydrogens (tertiary/aromatic N) is 1. The van der Waals surface area contributed by atoms with E-state index in [9.17, 15) is 23.9 Å². The quantitative estimate of drug-likeness (QED) is 0.526. The van der Waals surface area contributed by atoms with Crippen LogP contribution in [0.25, 0.3) is 10.9 Å². The van der Waals surface area contributed by atoms with Gasteiger partial charge in [0.2, 0.25) is 5.43 Å². The lowest BCUT2D eigenvalue weighted by molar-refractivity contribution is -0.383. The van der Waals surface area contributed by atoms with Gasteiger partial charge in [-0.05, 0) is 13.0 Å². The Morgan fingerprint density at radius 1 is 1.43 bits per heavy atom. The van der Waals surface area contributed by atoms with Crippen LogP contribution in [0.15, 0.2) is 22.0 Å². The lowest BCUT2D eigenvalue weighted by Crippen LogP contribution is -2.19. The number of halogens is 1. The average Bonchev–Trinajstić information content (AvgIpc) is 2.37. The van der Waals surface area contributed by atoms with Crippen LogP contribution in [0.1, 0.15) is 17.3 Å². The molecule has 2 rings (SSSR count). The summed E-state index contributed by atoms with van der Waals surface area (Å²) in [5.41, 5.74) is -1.53. The summed E-state index contributed by atoms with van der Waals surface area (Å²) in [4.78, 5) is 36.9. The number of Topliss-reactive ketones (excluding diaryl/α,β-unsaturated/α-hetero) is 1. The van der Waals surface area contributed by atoms with Crippen LogP contribution >= 0.6 is 11.6 Å².